The third-order valence-corrected chi connectivity index (χ3v) is 5.17. The summed E-state index contributed by atoms with van der Waals surface area (Å²) < 4.78 is 25.0. The molecule has 16 heavy (non-hydrogen) atoms. The van der Waals surface area contributed by atoms with Crippen LogP contribution in [0.15, 0.2) is 12.0 Å². The third-order valence-electron chi connectivity index (χ3n) is 3.67. The summed E-state index contributed by atoms with van der Waals surface area (Å²) in [6, 6.07) is 0.128. The maximum atomic E-state index is 11.8. The van der Waals surface area contributed by atoms with E-state index in [2.05, 4.69) is 27.4 Å². The molecule has 1 aliphatic carbocycles. The summed E-state index contributed by atoms with van der Waals surface area (Å²) in [6.45, 7) is 9.94. The lowest BCUT2D eigenvalue weighted by atomic mass is 9.77. The van der Waals surface area contributed by atoms with Crippen molar-refractivity contribution in [2.24, 2.45) is 11.3 Å². The van der Waals surface area contributed by atoms with Crippen molar-refractivity contribution in [3.05, 3.63) is 12.0 Å². The molecule has 4 heteroatoms. The molecule has 0 N–H and O–H groups in total. The van der Waals surface area contributed by atoms with E-state index in [-0.39, 0.29) is 11.5 Å². The normalized spacial score (nSPS) is 27.3. The van der Waals surface area contributed by atoms with E-state index in [0.717, 1.165) is 24.7 Å². The Labute approximate surface area is 99.6 Å². The van der Waals surface area contributed by atoms with E-state index in [1.807, 2.05) is 0 Å². The zero-order valence-electron chi connectivity index (χ0n) is 10.7. The summed E-state index contributed by atoms with van der Waals surface area (Å²) in [5.74, 6) is 0.437. The van der Waals surface area contributed by atoms with Gasteiger partial charge in [-0.1, -0.05) is 33.8 Å². The summed E-state index contributed by atoms with van der Waals surface area (Å²) >= 11 is 0. The summed E-state index contributed by atoms with van der Waals surface area (Å²) in [4.78, 5) is 0. The van der Waals surface area contributed by atoms with Crippen molar-refractivity contribution >= 4 is 10.0 Å². The monoisotopic (exact) mass is 245 g/mol. The van der Waals surface area contributed by atoms with Gasteiger partial charge in [0.15, 0.2) is 0 Å². The summed E-state index contributed by atoms with van der Waals surface area (Å²) in [5, 5.41) is 1.05. The van der Waals surface area contributed by atoms with E-state index in [1.54, 1.807) is 7.05 Å². The lowest BCUT2D eigenvalue weighted by Gasteiger charge is -2.36. The SMILES string of the molecule is C=CS(=O)(=O)N(C)C1CCCC1C(C)(C)C. The molecule has 1 aliphatic rings. The van der Waals surface area contributed by atoms with Gasteiger partial charge in [0.05, 0.1) is 0 Å². The van der Waals surface area contributed by atoms with Gasteiger partial charge in [0.1, 0.15) is 0 Å². The first-order valence-corrected chi connectivity index (χ1v) is 7.31. The van der Waals surface area contributed by atoms with Crippen LogP contribution in [0.25, 0.3) is 0 Å². The molecule has 1 rings (SSSR count). The molecule has 0 aromatic heterocycles. The van der Waals surface area contributed by atoms with Crippen LogP contribution in [-0.4, -0.2) is 25.8 Å². The first-order chi connectivity index (χ1) is 7.20. The van der Waals surface area contributed by atoms with Crippen LogP contribution in [0, 0.1) is 11.3 Å². The molecule has 0 aromatic carbocycles. The van der Waals surface area contributed by atoms with Gasteiger partial charge in [-0.3, -0.25) is 0 Å². The smallest absolute Gasteiger partial charge is 0.208 e. The zero-order chi connectivity index (χ0) is 12.6. The minimum Gasteiger partial charge on any atom is -0.208 e. The molecule has 0 amide bonds. The number of hydrogen-bond acceptors (Lipinski definition) is 2. The van der Waals surface area contributed by atoms with Crippen LogP contribution < -0.4 is 0 Å². The summed E-state index contributed by atoms with van der Waals surface area (Å²) in [5.41, 5.74) is 0.159. The van der Waals surface area contributed by atoms with Gasteiger partial charge in [0.2, 0.25) is 10.0 Å². The first kappa shape index (κ1) is 13.7. The molecule has 0 spiro atoms. The van der Waals surface area contributed by atoms with Crippen LogP contribution in [0.3, 0.4) is 0 Å². The van der Waals surface area contributed by atoms with Crippen LogP contribution in [0.5, 0.6) is 0 Å². The lowest BCUT2D eigenvalue weighted by Crippen LogP contribution is -2.42. The van der Waals surface area contributed by atoms with E-state index in [1.165, 1.54) is 4.31 Å². The maximum absolute atomic E-state index is 11.8. The van der Waals surface area contributed by atoms with Gasteiger partial charge in [-0.15, -0.1) is 0 Å². The predicted molar refractivity (Wildman–Crippen MR) is 67.5 cm³/mol. The van der Waals surface area contributed by atoms with Crippen molar-refractivity contribution < 1.29 is 8.42 Å². The molecule has 0 aliphatic heterocycles. The number of nitrogens with zero attached hydrogens (tertiary/aromatic N) is 1. The fourth-order valence-electron chi connectivity index (χ4n) is 2.69. The highest BCUT2D eigenvalue weighted by atomic mass is 32.2. The topological polar surface area (TPSA) is 37.4 Å². The Balaban J connectivity index is 2.92. The number of rotatable bonds is 3. The van der Waals surface area contributed by atoms with Gasteiger partial charge in [0.25, 0.3) is 0 Å². The molecule has 2 atom stereocenters. The van der Waals surface area contributed by atoms with Gasteiger partial charge >= 0.3 is 0 Å². The molecule has 0 bridgehead atoms. The lowest BCUT2D eigenvalue weighted by molar-refractivity contribution is 0.168. The second kappa shape index (κ2) is 4.49. The Morgan fingerprint density at radius 1 is 1.31 bits per heavy atom. The molecule has 3 nitrogen and oxygen atoms in total. The van der Waals surface area contributed by atoms with Gasteiger partial charge < -0.3 is 0 Å². The molecular weight excluding hydrogens is 222 g/mol. The van der Waals surface area contributed by atoms with Crippen LogP contribution >= 0.6 is 0 Å². The minimum atomic E-state index is -3.28. The van der Waals surface area contributed by atoms with Gasteiger partial charge in [0, 0.05) is 18.5 Å². The van der Waals surface area contributed by atoms with Crippen LogP contribution in [0.2, 0.25) is 0 Å². The van der Waals surface area contributed by atoms with Crippen molar-refractivity contribution in [1.82, 2.24) is 4.31 Å². The van der Waals surface area contributed by atoms with E-state index < -0.39 is 10.0 Å². The summed E-state index contributed by atoms with van der Waals surface area (Å²) in [6.07, 6.45) is 3.19. The molecule has 0 heterocycles. The van der Waals surface area contributed by atoms with Crippen molar-refractivity contribution in [3.63, 3.8) is 0 Å². The molecule has 0 aromatic rings. The quantitative estimate of drug-likeness (QED) is 0.766. The Morgan fingerprint density at radius 3 is 2.31 bits per heavy atom. The van der Waals surface area contributed by atoms with Gasteiger partial charge in [-0.05, 0) is 24.2 Å². The average Bonchev–Trinajstić information content (AvgIpc) is 2.64. The van der Waals surface area contributed by atoms with Crippen molar-refractivity contribution in [2.75, 3.05) is 7.05 Å². The zero-order valence-corrected chi connectivity index (χ0v) is 11.5. The summed E-state index contributed by atoms with van der Waals surface area (Å²) in [7, 11) is -1.61. The van der Waals surface area contributed by atoms with Crippen molar-refractivity contribution in [3.8, 4) is 0 Å². The van der Waals surface area contributed by atoms with E-state index in [4.69, 9.17) is 0 Å². The number of sulfonamides is 1. The maximum Gasteiger partial charge on any atom is 0.235 e. The molecule has 0 radical (unpaired) electrons. The Morgan fingerprint density at radius 2 is 1.88 bits per heavy atom. The molecule has 0 saturated heterocycles. The third kappa shape index (κ3) is 2.66. The molecule has 1 saturated carbocycles. The Hall–Kier alpha value is -0.350. The minimum absolute atomic E-state index is 0.128. The molecule has 94 valence electrons. The Bertz CT molecular complexity index is 354. The first-order valence-electron chi connectivity index (χ1n) is 5.80. The van der Waals surface area contributed by atoms with E-state index in [0.29, 0.717) is 5.92 Å². The highest BCUT2D eigenvalue weighted by molar-refractivity contribution is 7.92. The van der Waals surface area contributed by atoms with Gasteiger partial charge in [-0.25, -0.2) is 8.42 Å². The molecule has 2 unspecified atom stereocenters. The number of hydrogen-bond donors (Lipinski definition) is 0. The molecule has 1 fully saturated rings. The molecular formula is C12H23NO2S. The highest BCUT2D eigenvalue weighted by Crippen LogP contribution is 2.42. The van der Waals surface area contributed by atoms with E-state index in [9.17, 15) is 8.42 Å². The fourth-order valence-corrected chi connectivity index (χ4v) is 3.56. The second-order valence-electron chi connectivity index (χ2n) is 5.70. The largest absolute Gasteiger partial charge is 0.235 e. The van der Waals surface area contributed by atoms with Crippen LogP contribution in [0.4, 0.5) is 0 Å². The van der Waals surface area contributed by atoms with Crippen molar-refractivity contribution in [1.29, 1.82) is 0 Å². The second-order valence-corrected chi connectivity index (χ2v) is 7.64. The standard InChI is InChI=1S/C12H23NO2S/c1-6-16(14,15)13(5)11-9-7-8-10(11)12(2,3)4/h6,10-11H,1,7-9H2,2-5H3. The Kier molecular flexibility index (Phi) is 3.85. The predicted octanol–water partition coefficient (Wildman–Crippen LogP) is 2.61. The van der Waals surface area contributed by atoms with E-state index >= 15 is 0 Å². The fraction of sp³-hybridized carbons (Fsp3) is 0.833. The van der Waals surface area contributed by atoms with Gasteiger partial charge in [-0.2, -0.15) is 4.31 Å². The highest BCUT2D eigenvalue weighted by Gasteiger charge is 2.40. The van der Waals surface area contributed by atoms with Crippen LogP contribution in [-0.2, 0) is 10.0 Å². The van der Waals surface area contributed by atoms with Crippen molar-refractivity contribution in [2.45, 2.75) is 46.1 Å². The average molecular weight is 245 g/mol. The van der Waals surface area contributed by atoms with Crippen LogP contribution in [0.1, 0.15) is 40.0 Å².